The van der Waals surface area contributed by atoms with Crippen LogP contribution in [0, 0.1) is 6.92 Å². The van der Waals surface area contributed by atoms with Crippen molar-refractivity contribution in [3.63, 3.8) is 0 Å². The quantitative estimate of drug-likeness (QED) is 0.860. The maximum atomic E-state index is 12.8. The predicted molar refractivity (Wildman–Crippen MR) is 86.1 cm³/mol. The Morgan fingerprint density at radius 2 is 2.05 bits per heavy atom. The zero-order valence-electron chi connectivity index (χ0n) is 12.6. The highest BCUT2D eigenvalue weighted by molar-refractivity contribution is 7.89. The molecule has 21 heavy (non-hydrogen) atoms. The number of benzene rings is 1. The fourth-order valence-corrected chi connectivity index (χ4v) is 4.76. The van der Waals surface area contributed by atoms with Crippen molar-refractivity contribution in [1.82, 2.24) is 9.21 Å². The molecule has 0 spiro atoms. The lowest BCUT2D eigenvalue weighted by Crippen LogP contribution is -2.53. The van der Waals surface area contributed by atoms with Gasteiger partial charge in [0.05, 0.1) is 5.02 Å². The Balaban J connectivity index is 2.33. The molecule has 1 aliphatic heterocycles. The van der Waals surface area contributed by atoms with E-state index in [-0.39, 0.29) is 16.0 Å². The topological polar surface area (TPSA) is 66.6 Å². The van der Waals surface area contributed by atoms with Crippen LogP contribution >= 0.6 is 11.6 Å². The Morgan fingerprint density at radius 1 is 1.38 bits per heavy atom. The number of rotatable bonds is 3. The summed E-state index contributed by atoms with van der Waals surface area (Å²) in [6.07, 6.45) is 0. The van der Waals surface area contributed by atoms with Gasteiger partial charge in [0.1, 0.15) is 4.90 Å². The van der Waals surface area contributed by atoms with Crippen LogP contribution in [0.5, 0.6) is 0 Å². The fourth-order valence-electron chi connectivity index (χ4n) is 2.66. The zero-order chi connectivity index (χ0) is 15.8. The van der Waals surface area contributed by atoms with Gasteiger partial charge in [-0.15, -0.1) is 0 Å². The number of likely N-dealkylation sites (N-methyl/N-ethyl adjacent to an activating group) is 1. The minimum Gasteiger partial charge on any atom is -0.398 e. The van der Waals surface area contributed by atoms with Crippen LogP contribution in [0.2, 0.25) is 5.02 Å². The summed E-state index contributed by atoms with van der Waals surface area (Å²) in [5.74, 6) is 0. The van der Waals surface area contributed by atoms with Gasteiger partial charge in [-0.05, 0) is 38.1 Å². The summed E-state index contributed by atoms with van der Waals surface area (Å²) in [6.45, 7) is 8.53. The first kappa shape index (κ1) is 16.5. The maximum Gasteiger partial charge on any atom is 0.244 e. The SMILES string of the molecule is CCN1CCN(S(=O)(=O)c2cc(N)c(C)cc2Cl)CC1C. The summed E-state index contributed by atoms with van der Waals surface area (Å²) in [4.78, 5) is 2.36. The third-order valence-electron chi connectivity index (χ3n) is 4.07. The van der Waals surface area contributed by atoms with Crippen LogP contribution in [0.25, 0.3) is 0 Å². The molecule has 1 fully saturated rings. The van der Waals surface area contributed by atoms with Crippen LogP contribution in [0.15, 0.2) is 17.0 Å². The van der Waals surface area contributed by atoms with Gasteiger partial charge in [0.2, 0.25) is 10.0 Å². The Labute approximate surface area is 131 Å². The molecule has 2 N–H and O–H groups in total. The minimum absolute atomic E-state index is 0.101. The second-order valence-electron chi connectivity index (χ2n) is 5.48. The first-order valence-corrected chi connectivity index (χ1v) is 8.89. The van der Waals surface area contributed by atoms with Gasteiger partial charge < -0.3 is 5.73 Å². The molecule has 0 bridgehead atoms. The van der Waals surface area contributed by atoms with E-state index in [1.54, 1.807) is 13.0 Å². The largest absolute Gasteiger partial charge is 0.398 e. The molecule has 0 saturated carbocycles. The molecule has 0 amide bonds. The van der Waals surface area contributed by atoms with Crippen molar-refractivity contribution in [2.75, 3.05) is 31.9 Å². The minimum atomic E-state index is -3.60. The van der Waals surface area contributed by atoms with E-state index in [1.807, 2.05) is 6.92 Å². The number of nitrogens with two attached hydrogens (primary N) is 1. The van der Waals surface area contributed by atoms with Gasteiger partial charge >= 0.3 is 0 Å². The summed E-state index contributed by atoms with van der Waals surface area (Å²) >= 11 is 6.13. The summed E-state index contributed by atoms with van der Waals surface area (Å²) < 4.78 is 27.1. The van der Waals surface area contributed by atoms with E-state index in [1.165, 1.54) is 10.4 Å². The van der Waals surface area contributed by atoms with Crippen molar-refractivity contribution in [2.24, 2.45) is 0 Å². The average molecular weight is 332 g/mol. The maximum absolute atomic E-state index is 12.8. The third kappa shape index (κ3) is 3.18. The average Bonchev–Trinajstić information content (AvgIpc) is 2.42. The summed E-state index contributed by atoms with van der Waals surface area (Å²) in [6, 6.07) is 3.26. The van der Waals surface area contributed by atoms with Crippen LogP contribution in [-0.2, 0) is 10.0 Å². The lowest BCUT2D eigenvalue weighted by molar-refractivity contribution is 0.135. The van der Waals surface area contributed by atoms with Gasteiger partial charge in [0.25, 0.3) is 0 Å². The molecular formula is C14H22ClN3O2S. The van der Waals surface area contributed by atoms with Crippen molar-refractivity contribution in [2.45, 2.75) is 31.7 Å². The van der Waals surface area contributed by atoms with Crippen LogP contribution in [-0.4, -0.2) is 49.8 Å². The Bertz CT molecular complexity index is 633. The van der Waals surface area contributed by atoms with Crippen molar-refractivity contribution < 1.29 is 8.42 Å². The van der Waals surface area contributed by atoms with Crippen molar-refractivity contribution in [1.29, 1.82) is 0 Å². The number of anilines is 1. The second-order valence-corrected chi connectivity index (χ2v) is 7.79. The molecule has 1 heterocycles. The Hall–Kier alpha value is -0.820. The molecular weight excluding hydrogens is 310 g/mol. The molecule has 7 heteroatoms. The number of piperazine rings is 1. The van der Waals surface area contributed by atoms with Crippen LogP contribution < -0.4 is 5.73 Å². The highest BCUT2D eigenvalue weighted by Gasteiger charge is 2.33. The highest BCUT2D eigenvalue weighted by Crippen LogP contribution is 2.30. The van der Waals surface area contributed by atoms with Gasteiger partial charge in [-0.3, -0.25) is 4.90 Å². The van der Waals surface area contributed by atoms with Crippen molar-refractivity contribution >= 4 is 27.3 Å². The first-order valence-electron chi connectivity index (χ1n) is 7.07. The number of nitrogens with zero attached hydrogens (tertiary/aromatic N) is 2. The van der Waals surface area contributed by atoms with E-state index >= 15 is 0 Å². The van der Waals surface area contributed by atoms with E-state index in [4.69, 9.17) is 17.3 Å². The Kier molecular flexibility index (Phi) is 4.82. The van der Waals surface area contributed by atoms with Gasteiger partial charge in [-0.1, -0.05) is 18.5 Å². The first-order chi connectivity index (χ1) is 9.77. The molecule has 5 nitrogen and oxygen atoms in total. The summed E-state index contributed by atoms with van der Waals surface area (Å²) in [5, 5.41) is 0.229. The van der Waals surface area contributed by atoms with Gasteiger partial charge in [0.15, 0.2) is 0 Å². The van der Waals surface area contributed by atoms with Gasteiger partial charge in [-0.2, -0.15) is 4.31 Å². The number of hydrogen-bond donors (Lipinski definition) is 1. The molecule has 1 saturated heterocycles. The van der Waals surface area contributed by atoms with E-state index in [0.717, 1.165) is 18.7 Å². The molecule has 1 aromatic rings. The molecule has 1 aromatic carbocycles. The van der Waals surface area contributed by atoms with Crippen LogP contribution in [0.4, 0.5) is 5.69 Å². The molecule has 0 aromatic heterocycles. The van der Waals surface area contributed by atoms with Crippen molar-refractivity contribution in [3.05, 3.63) is 22.7 Å². The molecule has 1 aliphatic rings. The fraction of sp³-hybridized carbons (Fsp3) is 0.571. The monoisotopic (exact) mass is 331 g/mol. The number of aryl methyl sites for hydroxylation is 1. The molecule has 1 atom stereocenters. The molecule has 118 valence electrons. The smallest absolute Gasteiger partial charge is 0.244 e. The number of halogens is 1. The number of nitrogen functional groups attached to an aromatic ring is 1. The molecule has 2 rings (SSSR count). The van der Waals surface area contributed by atoms with Gasteiger partial charge in [-0.25, -0.2) is 8.42 Å². The van der Waals surface area contributed by atoms with E-state index in [0.29, 0.717) is 18.8 Å². The van der Waals surface area contributed by atoms with Gasteiger partial charge in [0, 0.05) is 31.4 Å². The van der Waals surface area contributed by atoms with Crippen molar-refractivity contribution in [3.8, 4) is 0 Å². The summed E-state index contributed by atoms with van der Waals surface area (Å²) in [7, 11) is -3.60. The highest BCUT2D eigenvalue weighted by atomic mass is 35.5. The van der Waals surface area contributed by atoms with Crippen LogP contribution in [0.3, 0.4) is 0 Å². The van der Waals surface area contributed by atoms with E-state index in [9.17, 15) is 8.42 Å². The standard InChI is InChI=1S/C14H22ClN3O2S/c1-4-17-5-6-18(9-11(17)3)21(19,20)14-8-13(16)10(2)7-12(14)15/h7-8,11H,4-6,9,16H2,1-3H3. The van der Waals surface area contributed by atoms with E-state index in [2.05, 4.69) is 11.8 Å². The second kappa shape index (κ2) is 6.12. The third-order valence-corrected chi connectivity index (χ3v) is 6.40. The Morgan fingerprint density at radius 3 is 2.62 bits per heavy atom. The zero-order valence-corrected chi connectivity index (χ0v) is 14.2. The molecule has 0 aliphatic carbocycles. The summed E-state index contributed by atoms with van der Waals surface area (Å²) in [5.41, 5.74) is 7.06. The van der Waals surface area contributed by atoms with Crippen LogP contribution in [0.1, 0.15) is 19.4 Å². The van der Waals surface area contributed by atoms with E-state index < -0.39 is 10.0 Å². The number of hydrogen-bond acceptors (Lipinski definition) is 4. The lowest BCUT2D eigenvalue weighted by Gasteiger charge is -2.38. The molecule has 1 unspecified atom stereocenters. The normalized spacial score (nSPS) is 21.6. The lowest BCUT2D eigenvalue weighted by atomic mass is 10.2. The predicted octanol–water partition coefficient (Wildman–Crippen LogP) is 1.95. The molecule has 0 radical (unpaired) electrons. The number of sulfonamides is 1.